The molecule has 0 fully saturated rings. The van der Waals surface area contributed by atoms with Crippen molar-refractivity contribution in [3.05, 3.63) is 56.6 Å². The lowest BCUT2D eigenvalue weighted by Gasteiger charge is -2.19. The van der Waals surface area contributed by atoms with Crippen LogP contribution in [0.15, 0.2) is 36.8 Å². The summed E-state index contributed by atoms with van der Waals surface area (Å²) in [6, 6.07) is 5.94. The van der Waals surface area contributed by atoms with E-state index >= 15 is 0 Å². The highest BCUT2D eigenvalue weighted by Crippen LogP contribution is 2.27. The molecule has 5 heteroatoms. The first kappa shape index (κ1) is 14.7. The normalized spacial score (nSPS) is 12.4. The van der Waals surface area contributed by atoms with E-state index in [-0.39, 0.29) is 6.04 Å². The number of nitrogens with one attached hydrogen (secondary N) is 1. The average molecular weight is 388 g/mol. The first-order valence-corrected chi connectivity index (χ1v) is 7.62. The Morgan fingerprint density at radius 1 is 1.37 bits per heavy atom. The Hall–Kier alpha value is -0.720. The molecule has 2 aromatic rings. The third-order valence-corrected chi connectivity index (χ3v) is 3.96. The van der Waals surface area contributed by atoms with Crippen LogP contribution in [0.1, 0.15) is 30.6 Å². The summed E-state index contributed by atoms with van der Waals surface area (Å²) in [5.74, 6) is 0. The molecule has 1 atom stereocenters. The monoisotopic (exact) mass is 387 g/mol. The highest BCUT2D eigenvalue weighted by Gasteiger charge is 2.17. The van der Waals surface area contributed by atoms with Gasteiger partial charge in [-0.05, 0) is 59.3 Å². The Bertz CT molecular complexity index is 533. The maximum Gasteiger partial charge on any atom is 0.0801 e. The van der Waals surface area contributed by atoms with Crippen molar-refractivity contribution in [2.75, 3.05) is 6.54 Å². The Morgan fingerprint density at radius 2 is 2.21 bits per heavy atom. The van der Waals surface area contributed by atoms with Crippen LogP contribution in [0, 0.1) is 3.57 Å². The van der Waals surface area contributed by atoms with Crippen molar-refractivity contribution in [2.45, 2.75) is 19.4 Å². The van der Waals surface area contributed by atoms with Gasteiger partial charge in [-0.1, -0.05) is 18.5 Å². The van der Waals surface area contributed by atoms with E-state index in [1.165, 1.54) is 3.57 Å². The Morgan fingerprint density at radius 3 is 2.89 bits per heavy atom. The van der Waals surface area contributed by atoms with E-state index in [0.29, 0.717) is 0 Å². The molecule has 0 amide bonds. The van der Waals surface area contributed by atoms with Crippen LogP contribution >= 0.6 is 34.2 Å². The Labute approximate surface area is 132 Å². The average Bonchev–Trinajstić information content (AvgIpc) is 2.44. The molecule has 1 N–H and O–H groups in total. The van der Waals surface area contributed by atoms with E-state index in [9.17, 15) is 0 Å². The van der Waals surface area contributed by atoms with Crippen LogP contribution in [-0.2, 0) is 0 Å². The van der Waals surface area contributed by atoms with Gasteiger partial charge in [-0.25, -0.2) is 0 Å². The fourth-order valence-corrected chi connectivity index (χ4v) is 2.69. The van der Waals surface area contributed by atoms with Gasteiger partial charge in [-0.15, -0.1) is 0 Å². The molecular formula is C14H15ClIN3. The minimum absolute atomic E-state index is 0.0271. The second kappa shape index (κ2) is 7.17. The second-order valence-electron chi connectivity index (χ2n) is 4.18. The quantitative estimate of drug-likeness (QED) is 0.793. The van der Waals surface area contributed by atoms with Crippen molar-refractivity contribution < 1.29 is 0 Å². The van der Waals surface area contributed by atoms with Gasteiger partial charge >= 0.3 is 0 Å². The first-order valence-electron chi connectivity index (χ1n) is 6.16. The van der Waals surface area contributed by atoms with Crippen LogP contribution in [0.25, 0.3) is 0 Å². The standard InChI is InChI=1S/C14H15ClIN3/c1-2-5-19-14(13-9-17-6-7-18-13)11-8-10(15)3-4-12(11)16/h3-4,6-9,14,19H,2,5H2,1H3. The van der Waals surface area contributed by atoms with E-state index in [1.807, 2.05) is 18.2 Å². The molecule has 19 heavy (non-hydrogen) atoms. The molecule has 1 unspecified atom stereocenters. The summed E-state index contributed by atoms with van der Waals surface area (Å²) in [7, 11) is 0. The highest BCUT2D eigenvalue weighted by molar-refractivity contribution is 14.1. The smallest absolute Gasteiger partial charge is 0.0801 e. The number of benzene rings is 1. The number of hydrogen-bond donors (Lipinski definition) is 1. The maximum absolute atomic E-state index is 6.12. The number of rotatable bonds is 5. The third-order valence-electron chi connectivity index (χ3n) is 2.75. The lowest BCUT2D eigenvalue weighted by molar-refractivity contribution is 0.582. The van der Waals surface area contributed by atoms with Crippen molar-refractivity contribution in [1.82, 2.24) is 15.3 Å². The van der Waals surface area contributed by atoms with E-state index in [2.05, 4.69) is 44.8 Å². The van der Waals surface area contributed by atoms with E-state index in [0.717, 1.165) is 29.2 Å². The first-order chi connectivity index (χ1) is 9.22. The van der Waals surface area contributed by atoms with Gasteiger partial charge in [0.05, 0.1) is 17.9 Å². The van der Waals surface area contributed by atoms with Gasteiger partial charge in [0.15, 0.2) is 0 Å². The van der Waals surface area contributed by atoms with Crippen molar-refractivity contribution >= 4 is 34.2 Å². The summed E-state index contributed by atoms with van der Waals surface area (Å²) in [4.78, 5) is 8.56. The van der Waals surface area contributed by atoms with Crippen LogP contribution in [0.3, 0.4) is 0 Å². The van der Waals surface area contributed by atoms with Gasteiger partial charge in [0.1, 0.15) is 0 Å². The number of hydrogen-bond acceptors (Lipinski definition) is 3. The van der Waals surface area contributed by atoms with Gasteiger partial charge in [-0.3, -0.25) is 9.97 Å². The molecular weight excluding hydrogens is 373 g/mol. The molecule has 0 aliphatic carbocycles. The molecule has 100 valence electrons. The molecule has 1 aromatic carbocycles. The fourth-order valence-electron chi connectivity index (χ4n) is 1.86. The Kier molecular flexibility index (Phi) is 5.54. The fraction of sp³-hybridized carbons (Fsp3) is 0.286. The molecule has 0 radical (unpaired) electrons. The summed E-state index contributed by atoms with van der Waals surface area (Å²) in [6.07, 6.45) is 6.26. The summed E-state index contributed by atoms with van der Waals surface area (Å²) < 4.78 is 1.17. The van der Waals surface area contributed by atoms with E-state index in [1.54, 1.807) is 18.6 Å². The number of halogens is 2. The topological polar surface area (TPSA) is 37.8 Å². The molecule has 0 aliphatic rings. The predicted molar refractivity (Wildman–Crippen MR) is 86.3 cm³/mol. The lowest BCUT2D eigenvalue weighted by atomic mass is 10.0. The van der Waals surface area contributed by atoms with Crippen molar-refractivity contribution in [2.24, 2.45) is 0 Å². The van der Waals surface area contributed by atoms with Crippen LogP contribution in [0.2, 0.25) is 5.02 Å². The zero-order valence-electron chi connectivity index (χ0n) is 10.6. The SMILES string of the molecule is CCCNC(c1cnccn1)c1cc(Cl)ccc1I. The van der Waals surface area contributed by atoms with Crippen LogP contribution in [0.4, 0.5) is 0 Å². The number of aromatic nitrogens is 2. The minimum atomic E-state index is 0.0271. The zero-order valence-corrected chi connectivity index (χ0v) is 13.5. The van der Waals surface area contributed by atoms with Crippen LogP contribution in [0.5, 0.6) is 0 Å². The highest BCUT2D eigenvalue weighted by atomic mass is 127. The van der Waals surface area contributed by atoms with Crippen LogP contribution in [-0.4, -0.2) is 16.5 Å². The lowest BCUT2D eigenvalue weighted by Crippen LogP contribution is -2.25. The second-order valence-corrected chi connectivity index (χ2v) is 5.78. The van der Waals surface area contributed by atoms with Crippen molar-refractivity contribution in [3.8, 4) is 0 Å². The third kappa shape index (κ3) is 3.87. The van der Waals surface area contributed by atoms with Gasteiger partial charge in [-0.2, -0.15) is 0 Å². The number of nitrogens with zero attached hydrogens (tertiary/aromatic N) is 2. The summed E-state index contributed by atoms with van der Waals surface area (Å²) in [5, 5.41) is 4.24. The van der Waals surface area contributed by atoms with Gasteiger partial charge in [0.2, 0.25) is 0 Å². The molecule has 1 heterocycles. The van der Waals surface area contributed by atoms with Gasteiger partial charge in [0.25, 0.3) is 0 Å². The molecule has 0 saturated carbocycles. The largest absolute Gasteiger partial charge is 0.305 e. The Balaban J connectivity index is 2.40. The molecule has 0 bridgehead atoms. The molecule has 0 aliphatic heterocycles. The molecule has 1 aromatic heterocycles. The maximum atomic E-state index is 6.12. The van der Waals surface area contributed by atoms with Crippen molar-refractivity contribution in [3.63, 3.8) is 0 Å². The molecule has 0 saturated heterocycles. The van der Waals surface area contributed by atoms with Crippen molar-refractivity contribution in [1.29, 1.82) is 0 Å². The minimum Gasteiger partial charge on any atom is -0.305 e. The molecule has 0 spiro atoms. The predicted octanol–water partition coefficient (Wildman–Crippen LogP) is 3.82. The molecule has 3 nitrogen and oxygen atoms in total. The summed E-state index contributed by atoms with van der Waals surface area (Å²) >= 11 is 8.44. The summed E-state index contributed by atoms with van der Waals surface area (Å²) in [6.45, 7) is 3.06. The van der Waals surface area contributed by atoms with Gasteiger partial charge in [0, 0.05) is 21.0 Å². The van der Waals surface area contributed by atoms with E-state index < -0.39 is 0 Å². The molecule has 2 rings (SSSR count). The summed E-state index contributed by atoms with van der Waals surface area (Å²) in [5.41, 5.74) is 2.05. The zero-order chi connectivity index (χ0) is 13.7. The van der Waals surface area contributed by atoms with E-state index in [4.69, 9.17) is 11.6 Å². The van der Waals surface area contributed by atoms with Crippen LogP contribution < -0.4 is 5.32 Å². The van der Waals surface area contributed by atoms with Gasteiger partial charge < -0.3 is 5.32 Å².